The van der Waals surface area contributed by atoms with Crippen LogP contribution in [0.4, 0.5) is 0 Å². The fraction of sp³-hybridized carbons (Fsp3) is 0.200. The third-order valence-electron chi connectivity index (χ3n) is 1.65. The average Bonchev–Trinajstić information content (AvgIpc) is 2.75. The molecular formula is C10H10OS2. The first-order chi connectivity index (χ1) is 6.45. The van der Waals surface area contributed by atoms with Crippen LogP contribution < -0.4 is 0 Å². The summed E-state index contributed by atoms with van der Waals surface area (Å²) in [6.07, 6.45) is 0. The van der Waals surface area contributed by atoms with Crippen LogP contribution in [-0.2, 0) is 18.0 Å². The van der Waals surface area contributed by atoms with Crippen LogP contribution in [0.2, 0.25) is 0 Å². The fourth-order valence-electron chi connectivity index (χ4n) is 1.04. The van der Waals surface area contributed by atoms with Crippen molar-refractivity contribution in [3.8, 4) is 0 Å². The highest BCUT2D eigenvalue weighted by molar-refractivity contribution is 7.10. The molecule has 68 valence electrons. The topological polar surface area (TPSA) is 9.23 Å². The SMILES string of the molecule is c1csc(COCc2cccs2)c1. The minimum absolute atomic E-state index is 0.732. The first kappa shape index (κ1) is 8.94. The van der Waals surface area contributed by atoms with E-state index in [9.17, 15) is 0 Å². The summed E-state index contributed by atoms with van der Waals surface area (Å²) in [5.41, 5.74) is 0. The van der Waals surface area contributed by atoms with Crippen molar-refractivity contribution >= 4 is 22.7 Å². The molecule has 0 aliphatic carbocycles. The highest BCUT2D eigenvalue weighted by Crippen LogP contribution is 2.13. The van der Waals surface area contributed by atoms with Gasteiger partial charge in [0, 0.05) is 9.75 Å². The Kier molecular flexibility index (Phi) is 3.13. The first-order valence-electron chi connectivity index (χ1n) is 4.07. The zero-order chi connectivity index (χ0) is 8.93. The van der Waals surface area contributed by atoms with Crippen molar-refractivity contribution in [1.29, 1.82) is 0 Å². The Morgan fingerprint density at radius 1 is 0.923 bits per heavy atom. The Morgan fingerprint density at radius 3 is 1.85 bits per heavy atom. The molecule has 3 heteroatoms. The number of hydrogen-bond acceptors (Lipinski definition) is 3. The van der Waals surface area contributed by atoms with E-state index in [1.54, 1.807) is 22.7 Å². The molecule has 0 saturated heterocycles. The van der Waals surface area contributed by atoms with Gasteiger partial charge in [-0.1, -0.05) is 12.1 Å². The molecule has 0 aliphatic heterocycles. The van der Waals surface area contributed by atoms with Crippen LogP contribution in [-0.4, -0.2) is 0 Å². The van der Waals surface area contributed by atoms with Gasteiger partial charge in [0.05, 0.1) is 13.2 Å². The molecule has 0 atom stereocenters. The van der Waals surface area contributed by atoms with Gasteiger partial charge in [-0.15, -0.1) is 22.7 Å². The summed E-state index contributed by atoms with van der Waals surface area (Å²) in [7, 11) is 0. The second-order valence-corrected chi connectivity index (χ2v) is 4.72. The van der Waals surface area contributed by atoms with Crippen LogP contribution in [0.3, 0.4) is 0 Å². The maximum absolute atomic E-state index is 5.54. The van der Waals surface area contributed by atoms with Gasteiger partial charge < -0.3 is 4.74 Å². The van der Waals surface area contributed by atoms with Gasteiger partial charge in [0.25, 0.3) is 0 Å². The lowest BCUT2D eigenvalue weighted by molar-refractivity contribution is 0.111. The van der Waals surface area contributed by atoms with Gasteiger partial charge in [-0.25, -0.2) is 0 Å². The Labute approximate surface area is 85.6 Å². The van der Waals surface area contributed by atoms with Crippen molar-refractivity contribution in [2.75, 3.05) is 0 Å². The monoisotopic (exact) mass is 210 g/mol. The highest BCUT2D eigenvalue weighted by atomic mass is 32.1. The third-order valence-corrected chi connectivity index (χ3v) is 3.35. The summed E-state index contributed by atoms with van der Waals surface area (Å²) in [6, 6.07) is 8.29. The van der Waals surface area contributed by atoms with E-state index in [0.717, 1.165) is 13.2 Å². The number of hydrogen-bond donors (Lipinski definition) is 0. The summed E-state index contributed by atoms with van der Waals surface area (Å²) in [5, 5.41) is 4.15. The first-order valence-corrected chi connectivity index (χ1v) is 5.83. The van der Waals surface area contributed by atoms with Crippen LogP contribution >= 0.6 is 22.7 Å². The summed E-state index contributed by atoms with van der Waals surface area (Å²) in [5.74, 6) is 0. The molecule has 2 heterocycles. The number of rotatable bonds is 4. The van der Waals surface area contributed by atoms with Crippen molar-refractivity contribution in [2.24, 2.45) is 0 Å². The Morgan fingerprint density at radius 2 is 1.46 bits per heavy atom. The largest absolute Gasteiger partial charge is 0.370 e. The van der Waals surface area contributed by atoms with Gasteiger partial charge in [0.15, 0.2) is 0 Å². The second kappa shape index (κ2) is 4.56. The van der Waals surface area contributed by atoms with Crippen molar-refractivity contribution in [3.05, 3.63) is 44.8 Å². The molecule has 0 radical (unpaired) electrons. The van der Waals surface area contributed by atoms with E-state index in [4.69, 9.17) is 4.74 Å². The van der Waals surface area contributed by atoms with Crippen LogP contribution in [0, 0.1) is 0 Å². The molecule has 2 rings (SSSR count). The van der Waals surface area contributed by atoms with Crippen LogP contribution in [0.1, 0.15) is 9.75 Å². The summed E-state index contributed by atoms with van der Waals surface area (Å²) < 4.78 is 5.54. The van der Waals surface area contributed by atoms with E-state index in [2.05, 4.69) is 35.0 Å². The maximum Gasteiger partial charge on any atom is 0.0814 e. The zero-order valence-electron chi connectivity index (χ0n) is 7.10. The zero-order valence-corrected chi connectivity index (χ0v) is 8.74. The van der Waals surface area contributed by atoms with E-state index >= 15 is 0 Å². The lowest BCUT2D eigenvalue weighted by atomic mass is 10.5. The van der Waals surface area contributed by atoms with Crippen LogP contribution in [0.5, 0.6) is 0 Å². The van der Waals surface area contributed by atoms with Crippen molar-refractivity contribution in [3.63, 3.8) is 0 Å². The summed E-state index contributed by atoms with van der Waals surface area (Å²) in [6.45, 7) is 1.46. The molecule has 0 amide bonds. The van der Waals surface area contributed by atoms with E-state index in [1.165, 1.54) is 9.75 Å². The standard InChI is InChI=1S/C10H10OS2/c1-3-9(12-5-1)7-11-8-10-4-2-6-13-10/h1-6H,7-8H2. The van der Waals surface area contributed by atoms with Crippen molar-refractivity contribution in [2.45, 2.75) is 13.2 Å². The molecule has 0 bridgehead atoms. The molecular weight excluding hydrogens is 200 g/mol. The molecule has 0 aliphatic rings. The van der Waals surface area contributed by atoms with Gasteiger partial charge in [-0.05, 0) is 22.9 Å². The fourth-order valence-corrected chi connectivity index (χ4v) is 2.32. The molecule has 13 heavy (non-hydrogen) atoms. The lowest BCUT2D eigenvalue weighted by Crippen LogP contribution is -1.89. The summed E-state index contributed by atoms with van der Waals surface area (Å²) >= 11 is 3.48. The van der Waals surface area contributed by atoms with Crippen molar-refractivity contribution < 1.29 is 4.74 Å². The normalized spacial score (nSPS) is 10.5. The Balaban J connectivity index is 1.76. The number of thiophene rings is 2. The molecule has 2 aromatic rings. The highest BCUT2D eigenvalue weighted by Gasteiger charge is 1.95. The predicted octanol–water partition coefficient (Wildman–Crippen LogP) is 3.53. The second-order valence-electron chi connectivity index (χ2n) is 2.65. The molecule has 0 spiro atoms. The molecule has 2 aromatic heterocycles. The Bertz CT molecular complexity index is 289. The van der Waals surface area contributed by atoms with Crippen LogP contribution in [0.15, 0.2) is 35.0 Å². The average molecular weight is 210 g/mol. The van der Waals surface area contributed by atoms with Gasteiger partial charge in [0.2, 0.25) is 0 Å². The molecule has 0 fully saturated rings. The summed E-state index contributed by atoms with van der Waals surface area (Å²) in [4.78, 5) is 2.58. The van der Waals surface area contributed by atoms with Crippen molar-refractivity contribution in [1.82, 2.24) is 0 Å². The van der Waals surface area contributed by atoms with Gasteiger partial charge >= 0.3 is 0 Å². The minimum atomic E-state index is 0.732. The number of ether oxygens (including phenoxy) is 1. The quantitative estimate of drug-likeness (QED) is 0.750. The molecule has 1 nitrogen and oxygen atoms in total. The van der Waals surface area contributed by atoms with E-state index in [0.29, 0.717) is 0 Å². The van der Waals surface area contributed by atoms with E-state index in [1.807, 2.05) is 0 Å². The predicted molar refractivity (Wildman–Crippen MR) is 57.1 cm³/mol. The van der Waals surface area contributed by atoms with Gasteiger partial charge in [0.1, 0.15) is 0 Å². The minimum Gasteiger partial charge on any atom is -0.370 e. The Hall–Kier alpha value is -0.640. The van der Waals surface area contributed by atoms with Gasteiger partial charge in [-0.3, -0.25) is 0 Å². The van der Waals surface area contributed by atoms with E-state index in [-0.39, 0.29) is 0 Å². The maximum atomic E-state index is 5.54. The van der Waals surface area contributed by atoms with Crippen LogP contribution in [0.25, 0.3) is 0 Å². The molecule has 0 aromatic carbocycles. The van der Waals surface area contributed by atoms with E-state index < -0.39 is 0 Å². The third kappa shape index (κ3) is 2.66. The van der Waals surface area contributed by atoms with Gasteiger partial charge in [-0.2, -0.15) is 0 Å². The smallest absolute Gasteiger partial charge is 0.0814 e. The molecule has 0 unspecified atom stereocenters. The lowest BCUT2D eigenvalue weighted by Gasteiger charge is -1.98. The molecule has 0 N–H and O–H groups in total. The molecule has 0 saturated carbocycles.